The molecule has 2 aromatic heterocycles. The van der Waals surface area contributed by atoms with Crippen molar-refractivity contribution in [3.05, 3.63) is 87.5 Å². The van der Waals surface area contributed by atoms with Crippen LogP contribution in [0.25, 0.3) is 16.9 Å². The van der Waals surface area contributed by atoms with Crippen molar-refractivity contribution >= 4 is 39.0 Å². The van der Waals surface area contributed by atoms with Crippen molar-refractivity contribution in [1.29, 1.82) is 0 Å². The highest BCUT2D eigenvalue weighted by Gasteiger charge is 2.16. The maximum absolute atomic E-state index is 10.9. The summed E-state index contributed by atoms with van der Waals surface area (Å²) in [7, 11) is 0. The van der Waals surface area contributed by atoms with Gasteiger partial charge in [-0.25, -0.2) is 4.98 Å². The summed E-state index contributed by atoms with van der Waals surface area (Å²) in [6.45, 7) is 0. The van der Waals surface area contributed by atoms with Crippen molar-refractivity contribution in [3.8, 4) is 11.3 Å². The number of imidazole rings is 1. The Bertz CT molecular complexity index is 1090. The molecule has 0 spiro atoms. The zero-order chi connectivity index (χ0) is 18.1. The molecule has 2 aromatic carbocycles. The molecule has 7 heteroatoms. The highest BCUT2D eigenvalue weighted by atomic mass is 79.9. The maximum Gasteiger partial charge on any atom is 0.269 e. The number of non-ortho nitro benzene ring substituents is 1. The summed E-state index contributed by atoms with van der Waals surface area (Å²) in [5.74, 6) is 0. The van der Waals surface area contributed by atoms with Crippen LogP contribution in [0.2, 0.25) is 0 Å². The lowest BCUT2D eigenvalue weighted by Crippen LogP contribution is -1.88. The van der Waals surface area contributed by atoms with Gasteiger partial charge in [0.1, 0.15) is 16.4 Å². The molecule has 5 nitrogen and oxygen atoms in total. The molecule has 0 unspecified atom stereocenters. The molecular weight excluding hydrogens is 414 g/mol. The van der Waals surface area contributed by atoms with E-state index in [-0.39, 0.29) is 5.69 Å². The van der Waals surface area contributed by atoms with E-state index in [1.54, 1.807) is 12.1 Å². The SMILES string of the molecule is O=[N+]([O-])c1ccc(Sc2c(-c3ccc(Br)cc3)nc3ccccn23)cc1. The first-order valence-electron chi connectivity index (χ1n) is 7.77. The zero-order valence-corrected chi connectivity index (χ0v) is 15.8. The summed E-state index contributed by atoms with van der Waals surface area (Å²) in [6.07, 6.45) is 1.97. The van der Waals surface area contributed by atoms with Crippen LogP contribution in [0, 0.1) is 10.1 Å². The first-order valence-corrected chi connectivity index (χ1v) is 9.38. The third kappa shape index (κ3) is 3.23. The number of nitro benzene ring substituents is 1. The van der Waals surface area contributed by atoms with Crippen molar-refractivity contribution in [3.63, 3.8) is 0 Å². The van der Waals surface area contributed by atoms with Crippen LogP contribution < -0.4 is 0 Å². The molecule has 0 saturated heterocycles. The fourth-order valence-corrected chi connectivity index (χ4v) is 3.89. The third-order valence-electron chi connectivity index (χ3n) is 3.87. The number of hydrogen-bond donors (Lipinski definition) is 0. The van der Waals surface area contributed by atoms with Gasteiger partial charge in [-0.15, -0.1) is 0 Å². The molecule has 2 heterocycles. The van der Waals surface area contributed by atoms with Crippen LogP contribution in [0.15, 0.2) is 87.3 Å². The van der Waals surface area contributed by atoms with Gasteiger partial charge < -0.3 is 0 Å². The monoisotopic (exact) mass is 425 g/mol. The Labute approximate surface area is 162 Å². The van der Waals surface area contributed by atoms with E-state index >= 15 is 0 Å². The van der Waals surface area contributed by atoms with Gasteiger partial charge in [-0.3, -0.25) is 14.5 Å². The smallest absolute Gasteiger partial charge is 0.269 e. The molecule has 128 valence electrons. The predicted molar refractivity (Wildman–Crippen MR) is 106 cm³/mol. The van der Waals surface area contributed by atoms with Gasteiger partial charge in [0.2, 0.25) is 0 Å². The van der Waals surface area contributed by atoms with E-state index in [0.29, 0.717) is 0 Å². The highest BCUT2D eigenvalue weighted by Crippen LogP contribution is 2.37. The lowest BCUT2D eigenvalue weighted by molar-refractivity contribution is -0.384. The summed E-state index contributed by atoms with van der Waals surface area (Å²) < 4.78 is 3.04. The summed E-state index contributed by atoms with van der Waals surface area (Å²) in [5, 5.41) is 11.8. The standard InChI is InChI=1S/C19H12BrN3O2S/c20-14-6-4-13(5-7-14)18-19(22-12-2-1-3-17(22)21-18)26-16-10-8-15(9-11-16)23(24)25/h1-12H. The van der Waals surface area contributed by atoms with Crippen molar-refractivity contribution in [2.45, 2.75) is 9.92 Å². The fourth-order valence-electron chi connectivity index (χ4n) is 2.61. The third-order valence-corrected chi connectivity index (χ3v) is 5.49. The minimum atomic E-state index is -0.393. The molecular formula is C19H12BrN3O2S. The molecule has 0 atom stereocenters. The van der Waals surface area contributed by atoms with E-state index in [1.165, 1.54) is 23.9 Å². The number of rotatable bonds is 4. The number of aromatic nitrogens is 2. The summed E-state index contributed by atoms with van der Waals surface area (Å²) in [6, 6.07) is 20.4. The van der Waals surface area contributed by atoms with E-state index in [9.17, 15) is 10.1 Å². The Morgan fingerprint density at radius 2 is 1.73 bits per heavy atom. The van der Waals surface area contributed by atoms with E-state index in [2.05, 4.69) is 15.9 Å². The van der Waals surface area contributed by atoms with Crippen LogP contribution in [0.4, 0.5) is 5.69 Å². The first kappa shape index (κ1) is 16.8. The molecule has 0 bridgehead atoms. The summed E-state index contributed by atoms with van der Waals surface area (Å²) in [5.41, 5.74) is 2.84. The number of benzene rings is 2. The first-order chi connectivity index (χ1) is 12.6. The van der Waals surface area contributed by atoms with Gasteiger partial charge in [-0.1, -0.05) is 45.9 Å². The van der Waals surface area contributed by atoms with Crippen molar-refractivity contribution in [2.75, 3.05) is 0 Å². The normalized spacial score (nSPS) is 11.0. The maximum atomic E-state index is 10.9. The minimum Gasteiger partial charge on any atom is -0.294 e. The van der Waals surface area contributed by atoms with Crippen molar-refractivity contribution < 1.29 is 4.92 Å². The zero-order valence-electron chi connectivity index (χ0n) is 13.4. The quantitative estimate of drug-likeness (QED) is 0.305. The lowest BCUT2D eigenvalue weighted by Gasteiger charge is -2.05. The van der Waals surface area contributed by atoms with E-state index in [0.717, 1.165) is 31.3 Å². The number of hydrogen-bond acceptors (Lipinski definition) is 4. The summed E-state index contributed by atoms with van der Waals surface area (Å²) in [4.78, 5) is 16.1. The Morgan fingerprint density at radius 1 is 1.00 bits per heavy atom. The van der Waals surface area contributed by atoms with Crippen molar-refractivity contribution in [2.24, 2.45) is 0 Å². The second kappa shape index (κ2) is 6.93. The van der Waals surface area contributed by atoms with Gasteiger partial charge in [-0.2, -0.15) is 0 Å². The molecule has 0 aliphatic rings. The average Bonchev–Trinajstić information content (AvgIpc) is 3.01. The molecule has 0 aliphatic heterocycles. The van der Waals surface area contributed by atoms with Gasteiger partial charge in [-0.05, 0) is 36.4 Å². The molecule has 4 rings (SSSR count). The Morgan fingerprint density at radius 3 is 2.42 bits per heavy atom. The number of nitro groups is 1. The van der Waals surface area contributed by atoms with Gasteiger partial charge in [0, 0.05) is 33.3 Å². The predicted octanol–water partition coefficient (Wildman–Crippen LogP) is 5.82. The van der Waals surface area contributed by atoms with Gasteiger partial charge >= 0.3 is 0 Å². The highest BCUT2D eigenvalue weighted by molar-refractivity contribution is 9.10. The molecule has 0 saturated carbocycles. The largest absolute Gasteiger partial charge is 0.294 e. The molecule has 4 aromatic rings. The number of nitrogens with zero attached hydrogens (tertiary/aromatic N) is 3. The van der Waals surface area contributed by atoms with Gasteiger partial charge in [0.15, 0.2) is 0 Å². The van der Waals surface area contributed by atoms with E-state index in [4.69, 9.17) is 4.98 Å². The number of pyridine rings is 1. The van der Waals surface area contributed by atoms with Crippen LogP contribution in [0.5, 0.6) is 0 Å². The molecule has 26 heavy (non-hydrogen) atoms. The van der Waals surface area contributed by atoms with Crippen LogP contribution in [-0.4, -0.2) is 14.3 Å². The second-order valence-corrected chi connectivity index (χ2v) is 7.53. The fraction of sp³-hybridized carbons (Fsp3) is 0. The van der Waals surface area contributed by atoms with Crippen LogP contribution in [0.1, 0.15) is 0 Å². The van der Waals surface area contributed by atoms with Crippen LogP contribution in [-0.2, 0) is 0 Å². The topological polar surface area (TPSA) is 60.4 Å². The van der Waals surface area contributed by atoms with Gasteiger partial charge in [0.05, 0.1) is 4.92 Å². The minimum absolute atomic E-state index is 0.0839. The lowest BCUT2D eigenvalue weighted by atomic mass is 10.2. The average molecular weight is 426 g/mol. The molecule has 0 amide bonds. The van der Waals surface area contributed by atoms with E-state index in [1.807, 2.05) is 53.1 Å². The second-order valence-electron chi connectivity index (χ2n) is 5.55. The number of halogens is 1. The van der Waals surface area contributed by atoms with Crippen molar-refractivity contribution in [1.82, 2.24) is 9.38 Å². The van der Waals surface area contributed by atoms with Gasteiger partial charge in [0.25, 0.3) is 5.69 Å². The Balaban J connectivity index is 1.81. The Hall–Kier alpha value is -2.64. The molecule has 0 fully saturated rings. The molecule has 0 N–H and O–H groups in total. The number of fused-ring (bicyclic) bond motifs is 1. The van der Waals surface area contributed by atoms with Crippen LogP contribution >= 0.6 is 27.7 Å². The van der Waals surface area contributed by atoms with Crippen LogP contribution in [0.3, 0.4) is 0 Å². The molecule has 0 radical (unpaired) electrons. The summed E-state index contributed by atoms with van der Waals surface area (Å²) >= 11 is 4.99. The Kier molecular flexibility index (Phi) is 4.48. The molecule has 0 aliphatic carbocycles. The van der Waals surface area contributed by atoms with E-state index < -0.39 is 4.92 Å².